The van der Waals surface area contributed by atoms with Crippen molar-refractivity contribution in [3.05, 3.63) is 46.2 Å². The molecule has 0 aliphatic heterocycles. The molecule has 0 saturated heterocycles. The molecule has 0 aliphatic carbocycles. The first kappa shape index (κ1) is 14.9. The molecule has 0 atom stereocenters. The van der Waals surface area contributed by atoms with E-state index in [0.717, 1.165) is 10.4 Å². The number of halogens is 1. The smallest absolute Gasteiger partial charge is 0.127 e. The highest BCUT2D eigenvalue weighted by molar-refractivity contribution is 7.09. The first-order valence-corrected chi connectivity index (χ1v) is 7.35. The lowest BCUT2D eigenvalue weighted by molar-refractivity contribution is 0.307. The molecule has 3 nitrogen and oxygen atoms in total. The van der Waals surface area contributed by atoms with Gasteiger partial charge in [-0.1, -0.05) is 0 Å². The molecule has 0 spiro atoms. The summed E-state index contributed by atoms with van der Waals surface area (Å²) in [6.45, 7) is 7.26. The van der Waals surface area contributed by atoms with Gasteiger partial charge in [-0.05, 0) is 38.5 Å². The number of hydrogen-bond donors (Lipinski definition) is 1. The molecular formula is C15H19FN2OS. The maximum atomic E-state index is 13.6. The predicted octanol–water partition coefficient (Wildman–Crippen LogP) is 3.75. The molecule has 0 unspecified atom stereocenters. The van der Waals surface area contributed by atoms with E-state index < -0.39 is 0 Å². The number of aromatic nitrogens is 1. The van der Waals surface area contributed by atoms with E-state index in [1.807, 2.05) is 6.07 Å². The van der Waals surface area contributed by atoms with E-state index in [-0.39, 0.29) is 11.4 Å². The van der Waals surface area contributed by atoms with Crippen molar-refractivity contribution in [2.24, 2.45) is 0 Å². The largest absolute Gasteiger partial charge is 0.488 e. The molecule has 1 N–H and O–H groups in total. The fourth-order valence-corrected chi connectivity index (χ4v) is 2.15. The quantitative estimate of drug-likeness (QED) is 0.912. The molecule has 0 saturated carbocycles. The van der Waals surface area contributed by atoms with Gasteiger partial charge in [-0.3, -0.25) is 4.98 Å². The van der Waals surface area contributed by atoms with Gasteiger partial charge >= 0.3 is 0 Å². The molecule has 1 aromatic heterocycles. The van der Waals surface area contributed by atoms with Gasteiger partial charge in [0.15, 0.2) is 0 Å². The van der Waals surface area contributed by atoms with Gasteiger partial charge in [0.2, 0.25) is 0 Å². The molecule has 20 heavy (non-hydrogen) atoms. The number of hydrogen-bond acceptors (Lipinski definition) is 4. The van der Waals surface area contributed by atoms with Crippen molar-refractivity contribution in [3.63, 3.8) is 0 Å². The topological polar surface area (TPSA) is 34.1 Å². The van der Waals surface area contributed by atoms with E-state index in [2.05, 4.69) is 31.1 Å². The summed E-state index contributed by atoms with van der Waals surface area (Å²) in [6, 6.07) is 4.79. The molecule has 0 aliphatic rings. The van der Waals surface area contributed by atoms with Gasteiger partial charge in [0.25, 0.3) is 0 Å². The number of thiazole rings is 1. The molecule has 5 heteroatoms. The molecule has 0 radical (unpaired) electrons. The first-order chi connectivity index (χ1) is 9.42. The third-order valence-electron chi connectivity index (χ3n) is 2.62. The van der Waals surface area contributed by atoms with E-state index in [1.165, 1.54) is 23.5 Å². The summed E-state index contributed by atoms with van der Waals surface area (Å²) in [4.78, 5) is 5.00. The van der Waals surface area contributed by atoms with Gasteiger partial charge in [-0.25, -0.2) is 4.39 Å². The number of rotatable bonds is 5. The summed E-state index contributed by atoms with van der Waals surface area (Å²) in [5.74, 6) is 0.265. The van der Waals surface area contributed by atoms with Crippen LogP contribution in [0.2, 0.25) is 0 Å². The summed E-state index contributed by atoms with van der Waals surface area (Å²) in [6.07, 6.45) is 1.76. The van der Waals surface area contributed by atoms with E-state index in [4.69, 9.17) is 4.74 Å². The minimum atomic E-state index is -0.280. The third kappa shape index (κ3) is 4.90. The average Bonchev–Trinajstić information content (AvgIpc) is 2.86. The predicted molar refractivity (Wildman–Crippen MR) is 79.4 cm³/mol. The van der Waals surface area contributed by atoms with Crippen LogP contribution in [-0.2, 0) is 13.2 Å². The highest BCUT2D eigenvalue weighted by Crippen LogP contribution is 2.19. The standard InChI is InChI=1S/C15H19FN2OS/c1-15(2,3)18-7-11-4-12(16)6-13(5-11)19-9-14-8-17-10-20-14/h4-6,8,10,18H,7,9H2,1-3H3. The Morgan fingerprint density at radius 2 is 2.10 bits per heavy atom. The normalized spacial score (nSPS) is 11.6. The fourth-order valence-electron chi connectivity index (χ4n) is 1.64. The zero-order valence-electron chi connectivity index (χ0n) is 11.9. The molecule has 2 rings (SSSR count). The van der Waals surface area contributed by atoms with Gasteiger partial charge in [-0.15, -0.1) is 11.3 Å². The average molecular weight is 294 g/mol. The van der Waals surface area contributed by atoms with Crippen molar-refractivity contribution in [2.45, 2.75) is 39.5 Å². The van der Waals surface area contributed by atoms with Crippen molar-refractivity contribution in [3.8, 4) is 5.75 Å². The maximum absolute atomic E-state index is 13.6. The van der Waals surface area contributed by atoms with E-state index in [1.54, 1.807) is 11.7 Å². The van der Waals surface area contributed by atoms with Gasteiger partial charge in [0, 0.05) is 24.3 Å². The molecule has 0 fully saturated rings. The minimum absolute atomic E-state index is 0.00399. The minimum Gasteiger partial charge on any atom is -0.488 e. The summed E-state index contributed by atoms with van der Waals surface area (Å²) < 4.78 is 19.2. The molecule has 0 amide bonds. The fraction of sp³-hybridized carbons (Fsp3) is 0.400. The summed E-state index contributed by atoms with van der Waals surface area (Å²) in [5, 5.41) is 3.33. The van der Waals surface area contributed by atoms with Crippen LogP contribution in [0.25, 0.3) is 0 Å². The molecule has 1 aromatic carbocycles. The summed E-state index contributed by atoms with van der Waals surface area (Å²) in [7, 11) is 0. The van der Waals surface area contributed by atoms with Crippen molar-refractivity contribution in [1.82, 2.24) is 10.3 Å². The Balaban J connectivity index is 2.00. The Morgan fingerprint density at radius 1 is 1.30 bits per heavy atom. The van der Waals surface area contributed by atoms with Crippen LogP contribution in [-0.4, -0.2) is 10.5 Å². The number of nitrogens with zero attached hydrogens (tertiary/aromatic N) is 1. The Morgan fingerprint density at radius 3 is 2.75 bits per heavy atom. The Bertz CT molecular complexity index is 549. The lowest BCUT2D eigenvalue weighted by atomic mass is 10.1. The second kappa shape index (κ2) is 6.33. The Kier molecular flexibility index (Phi) is 4.73. The summed E-state index contributed by atoms with van der Waals surface area (Å²) >= 11 is 1.52. The Hall–Kier alpha value is -1.46. The van der Waals surface area contributed by atoms with Crippen LogP contribution in [0.3, 0.4) is 0 Å². The second-order valence-corrected chi connectivity index (χ2v) is 6.63. The molecule has 0 bridgehead atoms. The van der Waals surface area contributed by atoms with Gasteiger partial charge in [0.05, 0.1) is 10.4 Å². The molecule has 2 aromatic rings. The molecule has 108 valence electrons. The SMILES string of the molecule is CC(C)(C)NCc1cc(F)cc(OCc2cncs2)c1. The highest BCUT2D eigenvalue weighted by atomic mass is 32.1. The third-order valence-corrected chi connectivity index (χ3v) is 3.37. The molecule has 1 heterocycles. The van der Waals surface area contributed by atoms with Crippen LogP contribution in [0, 0.1) is 5.82 Å². The van der Waals surface area contributed by atoms with Crippen molar-refractivity contribution in [1.29, 1.82) is 0 Å². The lowest BCUT2D eigenvalue weighted by Gasteiger charge is -2.20. The van der Waals surface area contributed by atoms with Gasteiger partial charge in [-0.2, -0.15) is 0 Å². The maximum Gasteiger partial charge on any atom is 0.127 e. The first-order valence-electron chi connectivity index (χ1n) is 6.47. The number of nitrogens with one attached hydrogen (secondary N) is 1. The highest BCUT2D eigenvalue weighted by Gasteiger charge is 2.10. The van der Waals surface area contributed by atoms with Crippen molar-refractivity contribution in [2.75, 3.05) is 0 Å². The van der Waals surface area contributed by atoms with Crippen LogP contribution in [0.15, 0.2) is 29.9 Å². The van der Waals surface area contributed by atoms with E-state index >= 15 is 0 Å². The van der Waals surface area contributed by atoms with Gasteiger partial charge in [0.1, 0.15) is 18.2 Å². The molecular weight excluding hydrogens is 275 g/mol. The van der Waals surface area contributed by atoms with E-state index in [0.29, 0.717) is 18.9 Å². The monoisotopic (exact) mass is 294 g/mol. The zero-order chi connectivity index (χ0) is 14.6. The van der Waals surface area contributed by atoms with Crippen LogP contribution < -0.4 is 10.1 Å². The number of ether oxygens (including phenoxy) is 1. The number of benzene rings is 1. The zero-order valence-corrected chi connectivity index (χ0v) is 12.8. The van der Waals surface area contributed by atoms with E-state index in [9.17, 15) is 4.39 Å². The van der Waals surface area contributed by atoms with Crippen LogP contribution >= 0.6 is 11.3 Å². The van der Waals surface area contributed by atoms with Crippen LogP contribution in [0.1, 0.15) is 31.2 Å². The van der Waals surface area contributed by atoms with Crippen LogP contribution in [0.4, 0.5) is 4.39 Å². The Labute approximate surface area is 122 Å². The van der Waals surface area contributed by atoms with Crippen molar-refractivity contribution >= 4 is 11.3 Å². The van der Waals surface area contributed by atoms with Gasteiger partial charge < -0.3 is 10.1 Å². The van der Waals surface area contributed by atoms with Crippen molar-refractivity contribution < 1.29 is 9.13 Å². The lowest BCUT2D eigenvalue weighted by Crippen LogP contribution is -2.35. The summed E-state index contributed by atoms with van der Waals surface area (Å²) in [5.41, 5.74) is 2.62. The second-order valence-electron chi connectivity index (χ2n) is 5.66. The van der Waals surface area contributed by atoms with Crippen LogP contribution in [0.5, 0.6) is 5.75 Å².